The summed E-state index contributed by atoms with van der Waals surface area (Å²) in [6.07, 6.45) is -6.66. The van der Waals surface area contributed by atoms with Crippen LogP contribution in [-0.4, -0.2) is 30.4 Å². The number of ketones is 1. The van der Waals surface area contributed by atoms with Gasteiger partial charge in [0.25, 0.3) is 6.43 Å². The smallest absolute Gasteiger partial charge is 0.375 e. The van der Waals surface area contributed by atoms with Gasteiger partial charge in [-0.3, -0.25) is 4.79 Å². The summed E-state index contributed by atoms with van der Waals surface area (Å²) in [4.78, 5) is 14.3. The topological polar surface area (TPSA) is 39.2 Å². The third kappa shape index (κ3) is 4.65. The van der Waals surface area contributed by atoms with Crippen molar-refractivity contribution in [1.82, 2.24) is 4.98 Å². The van der Waals surface area contributed by atoms with E-state index in [0.717, 1.165) is 6.20 Å². The van der Waals surface area contributed by atoms with Crippen LogP contribution in [0.4, 0.5) is 22.0 Å². The van der Waals surface area contributed by atoms with Crippen LogP contribution in [0.15, 0.2) is 6.20 Å². The lowest BCUT2D eigenvalue weighted by Gasteiger charge is -2.01. The highest BCUT2D eigenvalue weighted by Crippen LogP contribution is 2.32. The normalized spacial score (nSPS) is 12.1. The summed E-state index contributed by atoms with van der Waals surface area (Å²) >= 11 is 0.223. The summed E-state index contributed by atoms with van der Waals surface area (Å²) in [6, 6.07) is 0. The zero-order valence-electron chi connectivity index (χ0n) is 8.84. The van der Waals surface area contributed by atoms with Gasteiger partial charge in [-0.2, -0.15) is 13.2 Å². The number of thiazole rings is 1. The van der Waals surface area contributed by atoms with E-state index in [-0.39, 0.29) is 29.2 Å². The summed E-state index contributed by atoms with van der Waals surface area (Å²) in [7, 11) is 0. The van der Waals surface area contributed by atoms with E-state index in [4.69, 9.17) is 0 Å². The van der Waals surface area contributed by atoms with Crippen molar-refractivity contribution in [3.8, 4) is 0 Å². The highest BCUT2D eigenvalue weighted by Gasteiger charge is 2.35. The van der Waals surface area contributed by atoms with E-state index in [9.17, 15) is 26.7 Å². The van der Waals surface area contributed by atoms with E-state index >= 15 is 0 Å². The van der Waals surface area contributed by atoms with Gasteiger partial charge in [0.05, 0.1) is 11.5 Å². The van der Waals surface area contributed by atoms with E-state index in [1.54, 1.807) is 0 Å². The average Bonchev–Trinajstić information content (AvgIpc) is 2.72. The molecule has 0 bridgehead atoms. The minimum atomic E-state index is -4.59. The van der Waals surface area contributed by atoms with Crippen LogP contribution in [-0.2, 0) is 10.9 Å². The lowest BCUT2D eigenvalue weighted by Crippen LogP contribution is -2.08. The maximum atomic E-state index is 12.2. The molecule has 0 radical (unpaired) electrons. The maximum Gasteiger partial charge on any atom is 0.443 e. The predicted octanol–water partition coefficient (Wildman–Crippen LogP) is 3.02. The fraction of sp³-hybridized carbons (Fsp3) is 0.556. The van der Waals surface area contributed by atoms with Gasteiger partial charge in [0.2, 0.25) is 0 Å². The Bertz CT molecular complexity index is 404. The lowest BCUT2D eigenvalue weighted by atomic mass is 10.3. The average molecular weight is 289 g/mol. The molecule has 0 aliphatic rings. The van der Waals surface area contributed by atoms with Crippen LogP contribution in [0.2, 0.25) is 0 Å². The molecule has 0 saturated heterocycles. The fourth-order valence-electron chi connectivity index (χ4n) is 0.995. The van der Waals surface area contributed by atoms with E-state index in [1.165, 1.54) is 0 Å². The number of ether oxygens (including phenoxy) is 1. The predicted molar refractivity (Wildman–Crippen MR) is 52.9 cm³/mol. The Labute approximate surface area is 103 Å². The molecule has 102 valence electrons. The van der Waals surface area contributed by atoms with Gasteiger partial charge >= 0.3 is 6.18 Å². The number of alkyl halides is 5. The van der Waals surface area contributed by atoms with E-state index < -0.39 is 30.0 Å². The maximum absolute atomic E-state index is 12.2. The Balaban J connectivity index is 2.45. The van der Waals surface area contributed by atoms with Crippen LogP contribution in [0.25, 0.3) is 0 Å². The SMILES string of the molecule is O=C(CCOCC(F)F)c1cnc(C(F)(F)F)s1. The minimum Gasteiger partial charge on any atom is -0.375 e. The third-order valence-electron chi connectivity index (χ3n) is 1.74. The van der Waals surface area contributed by atoms with E-state index in [0.29, 0.717) is 0 Å². The zero-order chi connectivity index (χ0) is 13.8. The van der Waals surface area contributed by atoms with Crippen molar-refractivity contribution >= 4 is 17.1 Å². The molecule has 0 aliphatic carbocycles. The molecule has 1 aromatic heterocycles. The number of Topliss-reactive ketones (excluding diaryl/α,β-unsaturated/α-hetero) is 1. The van der Waals surface area contributed by atoms with Crippen LogP contribution in [0.1, 0.15) is 21.1 Å². The van der Waals surface area contributed by atoms with Gasteiger partial charge in [-0.05, 0) is 0 Å². The van der Waals surface area contributed by atoms with Crippen LogP contribution < -0.4 is 0 Å². The molecular weight excluding hydrogens is 281 g/mol. The molecule has 0 aliphatic heterocycles. The van der Waals surface area contributed by atoms with Crippen molar-refractivity contribution in [3.05, 3.63) is 16.1 Å². The Morgan fingerprint density at radius 3 is 2.61 bits per heavy atom. The molecule has 9 heteroatoms. The molecule has 0 atom stereocenters. The first-order chi connectivity index (χ1) is 8.30. The minimum absolute atomic E-state index is 0.164. The van der Waals surface area contributed by atoms with Gasteiger partial charge in [-0.25, -0.2) is 13.8 Å². The lowest BCUT2D eigenvalue weighted by molar-refractivity contribution is -0.137. The van der Waals surface area contributed by atoms with E-state index in [2.05, 4.69) is 9.72 Å². The quantitative estimate of drug-likeness (QED) is 0.459. The molecule has 0 fully saturated rings. The number of carbonyl (C=O) groups excluding carboxylic acids is 1. The zero-order valence-corrected chi connectivity index (χ0v) is 9.65. The number of rotatable bonds is 6. The van der Waals surface area contributed by atoms with Gasteiger partial charge in [0.1, 0.15) is 6.61 Å². The van der Waals surface area contributed by atoms with Gasteiger partial charge in [0, 0.05) is 12.6 Å². The second kappa shape index (κ2) is 6.19. The van der Waals surface area contributed by atoms with Crippen molar-refractivity contribution < 1.29 is 31.5 Å². The van der Waals surface area contributed by atoms with Crippen LogP contribution in [0.3, 0.4) is 0 Å². The summed E-state index contributed by atoms with van der Waals surface area (Å²) in [6.45, 7) is -1.06. The molecule has 1 rings (SSSR count). The molecule has 0 aromatic carbocycles. The molecule has 18 heavy (non-hydrogen) atoms. The Morgan fingerprint density at radius 2 is 2.11 bits per heavy atom. The first-order valence-corrected chi connectivity index (χ1v) is 5.54. The number of aromatic nitrogens is 1. The Morgan fingerprint density at radius 1 is 1.44 bits per heavy atom. The second-order valence-corrected chi connectivity index (χ2v) is 4.20. The summed E-state index contributed by atoms with van der Waals surface area (Å²) in [5.74, 6) is -0.614. The molecule has 1 aromatic rings. The number of hydrogen-bond donors (Lipinski definition) is 0. The van der Waals surface area contributed by atoms with Crippen molar-refractivity contribution in [2.75, 3.05) is 13.2 Å². The van der Waals surface area contributed by atoms with Crippen LogP contribution in [0.5, 0.6) is 0 Å². The molecule has 1 heterocycles. The van der Waals surface area contributed by atoms with Gasteiger partial charge in [-0.1, -0.05) is 0 Å². The van der Waals surface area contributed by atoms with Gasteiger partial charge in [-0.15, -0.1) is 11.3 Å². The summed E-state index contributed by atoms with van der Waals surface area (Å²) < 4.78 is 64.4. The van der Waals surface area contributed by atoms with Gasteiger partial charge < -0.3 is 4.74 Å². The number of hydrogen-bond acceptors (Lipinski definition) is 4. The number of nitrogens with zero attached hydrogens (tertiary/aromatic N) is 1. The molecule has 0 N–H and O–H groups in total. The van der Waals surface area contributed by atoms with Crippen LogP contribution in [0, 0.1) is 0 Å². The first-order valence-electron chi connectivity index (χ1n) is 4.73. The summed E-state index contributed by atoms with van der Waals surface area (Å²) in [5.41, 5.74) is 0. The molecule has 0 spiro atoms. The Hall–Kier alpha value is -1.09. The summed E-state index contributed by atoms with van der Waals surface area (Å²) in [5, 5.41) is -1.11. The second-order valence-electron chi connectivity index (χ2n) is 3.17. The largest absolute Gasteiger partial charge is 0.443 e. The highest BCUT2D eigenvalue weighted by molar-refractivity contribution is 7.13. The highest BCUT2D eigenvalue weighted by atomic mass is 32.1. The first kappa shape index (κ1) is 15.0. The number of carbonyl (C=O) groups is 1. The molecule has 0 amide bonds. The van der Waals surface area contributed by atoms with Crippen molar-refractivity contribution in [2.45, 2.75) is 19.0 Å². The molecular formula is C9H8F5NO2S. The number of halogens is 5. The molecule has 3 nitrogen and oxygen atoms in total. The fourth-order valence-corrected chi connectivity index (χ4v) is 1.75. The Kier molecular flexibility index (Phi) is 5.15. The van der Waals surface area contributed by atoms with Crippen molar-refractivity contribution in [3.63, 3.8) is 0 Å². The van der Waals surface area contributed by atoms with E-state index in [1.807, 2.05) is 0 Å². The van der Waals surface area contributed by atoms with Crippen molar-refractivity contribution in [2.24, 2.45) is 0 Å². The monoisotopic (exact) mass is 289 g/mol. The molecule has 0 saturated carbocycles. The van der Waals surface area contributed by atoms with Crippen LogP contribution >= 0.6 is 11.3 Å². The van der Waals surface area contributed by atoms with Crippen molar-refractivity contribution in [1.29, 1.82) is 0 Å². The standard InChI is InChI=1S/C9H8F5NO2S/c10-7(11)4-17-2-1-5(16)6-3-15-8(18-6)9(12,13)14/h3,7H,1-2,4H2. The third-order valence-corrected chi connectivity index (χ3v) is 2.82. The van der Waals surface area contributed by atoms with Gasteiger partial charge in [0.15, 0.2) is 10.8 Å². The molecule has 0 unspecified atom stereocenters.